The van der Waals surface area contributed by atoms with Crippen molar-refractivity contribution in [3.63, 3.8) is 0 Å². The molecule has 1 heterocycles. The third-order valence-electron chi connectivity index (χ3n) is 6.23. The van der Waals surface area contributed by atoms with Gasteiger partial charge in [0.05, 0.1) is 18.0 Å². The van der Waals surface area contributed by atoms with E-state index in [4.69, 9.17) is 4.74 Å². The van der Waals surface area contributed by atoms with Gasteiger partial charge in [0.15, 0.2) is 0 Å². The number of rotatable bonds is 14. The third-order valence-corrected chi connectivity index (χ3v) is 8.10. The molecule has 0 atom stereocenters. The molecule has 8 nitrogen and oxygen atoms in total. The van der Waals surface area contributed by atoms with Crippen LogP contribution in [0, 0.1) is 0 Å². The number of carbonyl (C=O) groups excluding carboxylic acids is 1. The molecule has 2 aromatic rings. The molecule has 9 heteroatoms. The Morgan fingerprint density at radius 1 is 1.03 bits per heavy atom. The Kier molecular flexibility index (Phi) is 10.3. The number of likely N-dealkylation sites (N-methyl/N-ethyl adjacent to an activating group) is 1. The van der Waals surface area contributed by atoms with Gasteiger partial charge >= 0.3 is 0 Å². The zero-order valence-corrected chi connectivity index (χ0v) is 22.4. The first-order valence-electron chi connectivity index (χ1n) is 12.6. The van der Waals surface area contributed by atoms with Crippen molar-refractivity contribution in [1.82, 2.24) is 14.5 Å². The van der Waals surface area contributed by atoms with Gasteiger partial charge in [-0.05, 0) is 49.1 Å². The minimum atomic E-state index is -3.62. The van der Waals surface area contributed by atoms with Crippen LogP contribution in [-0.2, 0) is 21.2 Å². The zero-order chi connectivity index (χ0) is 26.0. The van der Waals surface area contributed by atoms with Gasteiger partial charge in [-0.2, -0.15) is 0 Å². The van der Waals surface area contributed by atoms with E-state index in [9.17, 15) is 13.2 Å². The van der Waals surface area contributed by atoms with Crippen molar-refractivity contribution in [3.8, 4) is 5.75 Å². The normalized spacial score (nSPS) is 13.4. The highest BCUT2D eigenvalue weighted by Crippen LogP contribution is 2.19. The third kappa shape index (κ3) is 7.80. The van der Waals surface area contributed by atoms with Crippen LogP contribution in [0.3, 0.4) is 0 Å². The molecule has 0 unspecified atom stereocenters. The number of hydrogen-bond acceptors (Lipinski definition) is 6. The second-order valence-electron chi connectivity index (χ2n) is 9.02. The number of ether oxygens (including phenoxy) is 1. The number of aliphatic imine (C=N–C) groups is 1. The first kappa shape index (κ1) is 27.7. The summed E-state index contributed by atoms with van der Waals surface area (Å²) in [5.41, 5.74) is 2.24. The number of benzene rings is 2. The van der Waals surface area contributed by atoms with E-state index in [1.54, 1.807) is 43.3 Å². The Hall–Kier alpha value is -2.91. The molecule has 1 amide bonds. The van der Waals surface area contributed by atoms with Crippen LogP contribution >= 0.6 is 0 Å². The average Bonchev–Trinajstić information content (AvgIpc) is 3.43. The van der Waals surface area contributed by atoms with Gasteiger partial charge in [0.1, 0.15) is 11.6 Å². The summed E-state index contributed by atoms with van der Waals surface area (Å²) in [7, 11) is -0.278. The lowest BCUT2D eigenvalue weighted by atomic mass is 10.1. The monoisotopic (exact) mass is 514 g/mol. The van der Waals surface area contributed by atoms with E-state index in [-0.39, 0.29) is 17.3 Å². The Bertz CT molecular complexity index is 1120. The summed E-state index contributed by atoms with van der Waals surface area (Å²) < 4.78 is 32.6. The Labute approximate surface area is 215 Å². The van der Waals surface area contributed by atoms with Crippen LogP contribution in [0.1, 0.15) is 43.7 Å². The Morgan fingerprint density at radius 3 is 2.39 bits per heavy atom. The molecule has 0 radical (unpaired) electrons. The summed E-state index contributed by atoms with van der Waals surface area (Å²) >= 11 is 0. The molecule has 1 aliphatic rings. The summed E-state index contributed by atoms with van der Waals surface area (Å²) in [5.74, 6) is 1.61. The second kappa shape index (κ2) is 13.4. The fourth-order valence-electron chi connectivity index (χ4n) is 3.83. The highest BCUT2D eigenvalue weighted by molar-refractivity contribution is 7.89. The second-order valence-corrected chi connectivity index (χ2v) is 11.1. The maximum Gasteiger partial charge on any atom is 0.242 e. The first-order chi connectivity index (χ1) is 17.3. The molecule has 2 aromatic carbocycles. The fraction of sp³-hybridized carbons (Fsp3) is 0.481. The number of amides is 1. The molecule has 196 valence electrons. The van der Waals surface area contributed by atoms with Gasteiger partial charge in [0.2, 0.25) is 15.9 Å². The van der Waals surface area contributed by atoms with Crippen molar-refractivity contribution in [2.75, 3.05) is 46.9 Å². The molecule has 0 spiro atoms. The van der Waals surface area contributed by atoms with Crippen molar-refractivity contribution >= 4 is 21.8 Å². The quantitative estimate of drug-likeness (QED) is 0.391. The van der Waals surface area contributed by atoms with Crippen molar-refractivity contribution in [1.29, 1.82) is 0 Å². The van der Waals surface area contributed by atoms with E-state index in [1.807, 2.05) is 0 Å². The molecule has 0 aliphatic carbocycles. The molecule has 36 heavy (non-hydrogen) atoms. The van der Waals surface area contributed by atoms with Crippen LogP contribution in [0.25, 0.3) is 0 Å². The van der Waals surface area contributed by atoms with Gasteiger partial charge in [0.25, 0.3) is 0 Å². The van der Waals surface area contributed by atoms with Gasteiger partial charge < -0.3 is 15.0 Å². The van der Waals surface area contributed by atoms with Gasteiger partial charge in [-0.3, -0.25) is 9.79 Å². The van der Waals surface area contributed by atoms with Crippen molar-refractivity contribution in [3.05, 3.63) is 59.7 Å². The molecule has 1 aliphatic heterocycles. The predicted octanol–water partition coefficient (Wildman–Crippen LogP) is 3.32. The maximum absolute atomic E-state index is 12.9. The predicted molar refractivity (Wildman–Crippen MR) is 143 cm³/mol. The summed E-state index contributed by atoms with van der Waals surface area (Å²) in [6.07, 6.45) is 3.51. The van der Waals surface area contributed by atoms with Gasteiger partial charge in [0, 0.05) is 45.7 Å². The van der Waals surface area contributed by atoms with Crippen molar-refractivity contribution in [2.45, 2.75) is 43.9 Å². The molecule has 3 rings (SSSR count). The number of hydrogen-bond donors (Lipinski definition) is 1. The summed E-state index contributed by atoms with van der Waals surface area (Å²) in [6.45, 7) is 5.28. The number of amidine groups is 1. The van der Waals surface area contributed by atoms with Crippen LogP contribution in [0.5, 0.6) is 5.75 Å². The summed E-state index contributed by atoms with van der Waals surface area (Å²) in [4.78, 5) is 18.9. The van der Waals surface area contributed by atoms with Crippen LogP contribution in [0.2, 0.25) is 0 Å². The standard InChI is InChI=1S/C27H38N4O4S/c1-4-5-21-35-24-12-14-25(15-13-24)36(33,34)31(3)19-6-7-26(32)30(2)20-16-22-8-10-23(11-9-22)27-28-17-18-29-27/h8-15H,4-7,16-21H2,1-3H3,(H,28,29). The largest absolute Gasteiger partial charge is 0.494 e. The van der Waals surface area contributed by atoms with Gasteiger partial charge in [-0.15, -0.1) is 0 Å². The van der Waals surface area contributed by atoms with Crippen LogP contribution in [0.4, 0.5) is 0 Å². The highest BCUT2D eigenvalue weighted by atomic mass is 32.2. The molecule has 0 saturated carbocycles. The van der Waals surface area contributed by atoms with Crippen LogP contribution in [0.15, 0.2) is 58.4 Å². The lowest BCUT2D eigenvalue weighted by molar-refractivity contribution is -0.130. The Morgan fingerprint density at radius 2 is 1.75 bits per heavy atom. The average molecular weight is 515 g/mol. The van der Waals surface area contributed by atoms with Gasteiger partial charge in [-0.1, -0.05) is 37.6 Å². The topological polar surface area (TPSA) is 91.3 Å². The smallest absolute Gasteiger partial charge is 0.242 e. The Balaban J connectivity index is 1.40. The number of nitrogens with one attached hydrogen (secondary N) is 1. The maximum atomic E-state index is 12.9. The first-order valence-corrected chi connectivity index (χ1v) is 14.1. The van der Waals surface area contributed by atoms with Crippen molar-refractivity contribution < 1.29 is 17.9 Å². The van der Waals surface area contributed by atoms with Crippen molar-refractivity contribution in [2.24, 2.45) is 4.99 Å². The number of sulfonamides is 1. The molecule has 0 fully saturated rings. The van der Waals surface area contributed by atoms with E-state index in [1.165, 1.54) is 4.31 Å². The van der Waals surface area contributed by atoms with E-state index in [2.05, 4.69) is 41.5 Å². The number of nitrogens with zero attached hydrogens (tertiary/aromatic N) is 3. The minimum absolute atomic E-state index is 0.00973. The van der Waals surface area contributed by atoms with E-state index >= 15 is 0 Å². The van der Waals surface area contributed by atoms with E-state index < -0.39 is 10.0 Å². The number of unbranched alkanes of at least 4 members (excludes halogenated alkanes) is 1. The lowest BCUT2D eigenvalue weighted by Crippen LogP contribution is -2.31. The lowest BCUT2D eigenvalue weighted by Gasteiger charge is -2.20. The van der Waals surface area contributed by atoms with Gasteiger partial charge in [-0.25, -0.2) is 12.7 Å². The fourth-order valence-corrected chi connectivity index (χ4v) is 5.04. The van der Waals surface area contributed by atoms with Crippen LogP contribution < -0.4 is 10.1 Å². The minimum Gasteiger partial charge on any atom is -0.494 e. The van der Waals surface area contributed by atoms with Crippen LogP contribution in [-0.4, -0.2) is 76.2 Å². The SMILES string of the molecule is CCCCOc1ccc(S(=O)(=O)N(C)CCCC(=O)N(C)CCc2ccc(C3=NCCN3)cc2)cc1. The molecule has 0 aromatic heterocycles. The van der Waals surface area contributed by atoms with E-state index in [0.29, 0.717) is 31.7 Å². The molecular weight excluding hydrogens is 476 g/mol. The highest BCUT2D eigenvalue weighted by Gasteiger charge is 2.21. The summed E-state index contributed by atoms with van der Waals surface area (Å²) in [6, 6.07) is 14.7. The zero-order valence-electron chi connectivity index (χ0n) is 21.6. The molecule has 0 saturated heterocycles. The summed E-state index contributed by atoms with van der Waals surface area (Å²) in [5, 5.41) is 3.26. The van der Waals surface area contributed by atoms with E-state index in [0.717, 1.165) is 49.3 Å². The molecule has 0 bridgehead atoms. The number of carbonyl (C=O) groups is 1. The molecule has 1 N–H and O–H groups in total. The molecular formula is C27H38N4O4S.